The summed E-state index contributed by atoms with van der Waals surface area (Å²) in [4.78, 5) is 21.6. The third-order valence-electron chi connectivity index (χ3n) is 5.99. The van der Waals surface area contributed by atoms with E-state index in [4.69, 9.17) is 4.74 Å². The van der Waals surface area contributed by atoms with E-state index in [9.17, 15) is 4.79 Å². The molecule has 3 aromatic rings. The van der Waals surface area contributed by atoms with Crippen LogP contribution in [0.5, 0.6) is 0 Å². The molecule has 5 heteroatoms. The summed E-state index contributed by atoms with van der Waals surface area (Å²) in [5.74, 6) is 0.225. The van der Waals surface area contributed by atoms with Gasteiger partial charge in [0.05, 0.1) is 18.7 Å². The van der Waals surface area contributed by atoms with E-state index in [0.717, 1.165) is 73.5 Å². The van der Waals surface area contributed by atoms with Crippen LogP contribution in [-0.2, 0) is 16.0 Å². The highest BCUT2D eigenvalue weighted by atomic mass is 16.5. The minimum absolute atomic E-state index is 0.225. The van der Waals surface area contributed by atoms with Crippen molar-refractivity contribution in [2.75, 3.05) is 44.3 Å². The van der Waals surface area contributed by atoms with E-state index in [0.29, 0.717) is 6.42 Å². The molecule has 1 saturated heterocycles. The van der Waals surface area contributed by atoms with E-state index >= 15 is 0 Å². The van der Waals surface area contributed by atoms with Crippen LogP contribution in [0.4, 0.5) is 5.69 Å². The van der Waals surface area contributed by atoms with Crippen LogP contribution in [0.2, 0.25) is 0 Å². The molecule has 5 rings (SSSR count). The van der Waals surface area contributed by atoms with Crippen LogP contribution < -0.4 is 4.90 Å². The van der Waals surface area contributed by atoms with Gasteiger partial charge in [-0.05, 0) is 41.3 Å². The molecule has 2 aromatic carbocycles. The number of carbonyl (C=O) groups is 1. The standard InChI is InChI=1S/C24H25N3O2/c28-24-8-7-18-5-6-19(20-9-10-25-22-4-2-1-3-21(20)22)17-23(18)27(24)12-11-26-13-15-29-16-14-26/h1-6,9-10,17H,7-8,11-16H2. The molecule has 2 aliphatic rings. The van der Waals surface area contributed by atoms with Gasteiger partial charge in [-0.15, -0.1) is 0 Å². The zero-order valence-electron chi connectivity index (χ0n) is 16.5. The second kappa shape index (κ2) is 7.93. The van der Waals surface area contributed by atoms with Gasteiger partial charge in [0.2, 0.25) is 5.91 Å². The van der Waals surface area contributed by atoms with Crippen molar-refractivity contribution in [3.63, 3.8) is 0 Å². The van der Waals surface area contributed by atoms with Crippen LogP contribution in [0.15, 0.2) is 54.7 Å². The van der Waals surface area contributed by atoms with Crippen molar-refractivity contribution in [1.29, 1.82) is 0 Å². The Balaban J connectivity index is 1.48. The number of hydrogen-bond donors (Lipinski definition) is 0. The number of para-hydroxylation sites is 1. The number of morpholine rings is 1. The van der Waals surface area contributed by atoms with Crippen LogP contribution >= 0.6 is 0 Å². The first kappa shape index (κ1) is 18.3. The van der Waals surface area contributed by atoms with Crippen LogP contribution in [0, 0.1) is 0 Å². The molecular weight excluding hydrogens is 362 g/mol. The van der Waals surface area contributed by atoms with E-state index in [1.807, 2.05) is 29.3 Å². The lowest BCUT2D eigenvalue weighted by Crippen LogP contribution is -2.44. The van der Waals surface area contributed by atoms with Crippen molar-refractivity contribution in [2.45, 2.75) is 12.8 Å². The average molecular weight is 387 g/mol. The summed E-state index contributed by atoms with van der Waals surface area (Å²) in [6, 6.07) is 16.8. The topological polar surface area (TPSA) is 45.7 Å². The summed E-state index contributed by atoms with van der Waals surface area (Å²) in [7, 11) is 0. The van der Waals surface area contributed by atoms with Crippen LogP contribution in [0.25, 0.3) is 22.0 Å². The molecule has 3 heterocycles. The largest absolute Gasteiger partial charge is 0.379 e. The van der Waals surface area contributed by atoms with Gasteiger partial charge in [-0.25, -0.2) is 0 Å². The predicted octanol–water partition coefficient (Wildman–Crippen LogP) is 3.51. The van der Waals surface area contributed by atoms with Crippen molar-refractivity contribution in [2.24, 2.45) is 0 Å². The maximum Gasteiger partial charge on any atom is 0.227 e. The van der Waals surface area contributed by atoms with E-state index in [1.54, 1.807) is 0 Å². The van der Waals surface area contributed by atoms with Gasteiger partial charge in [0.1, 0.15) is 0 Å². The molecule has 2 aliphatic heterocycles. The Bertz CT molecular complexity index is 1040. The van der Waals surface area contributed by atoms with Crippen LogP contribution in [-0.4, -0.2) is 55.2 Å². The van der Waals surface area contributed by atoms with Gasteiger partial charge < -0.3 is 9.64 Å². The monoisotopic (exact) mass is 387 g/mol. The van der Waals surface area contributed by atoms with Gasteiger partial charge in [-0.3, -0.25) is 14.7 Å². The van der Waals surface area contributed by atoms with Gasteiger partial charge in [0.15, 0.2) is 0 Å². The molecule has 0 atom stereocenters. The molecule has 148 valence electrons. The van der Waals surface area contributed by atoms with Crippen molar-refractivity contribution in [3.05, 3.63) is 60.3 Å². The number of benzene rings is 2. The summed E-state index contributed by atoms with van der Waals surface area (Å²) < 4.78 is 5.44. The Morgan fingerprint density at radius 2 is 1.83 bits per heavy atom. The molecule has 0 aliphatic carbocycles. The first-order valence-corrected chi connectivity index (χ1v) is 10.4. The lowest BCUT2D eigenvalue weighted by molar-refractivity contribution is -0.119. The molecule has 0 radical (unpaired) electrons. The fourth-order valence-corrected chi connectivity index (χ4v) is 4.36. The number of anilines is 1. The van der Waals surface area contributed by atoms with Gasteiger partial charge in [0.25, 0.3) is 0 Å². The summed E-state index contributed by atoms with van der Waals surface area (Å²) in [5.41, 5.74) is 5.60. The molecular formula is C24H25N3O2. The number of rotatable bonds is 4. The van der Waals surface area contributed by atoms with E-state index in [1.165, 1.54) is 5.56 Å². The quantitative estimate of drug-likeness (QED) is 0.687. The van der Waals surface area contributed by atoms with Gasteiger partial charge in [-0.2, -0.15) is 0 Å². The Morgan fingerprint density at radius 1 is 0.966 bits per heavy atom. The molecule has 1 fully saturated rings. The van der Waals surface area contributed by atoms with E-state index in [-0.39, 0.29) is 5.91 Å². The summed E-state index contributed by atoms with van der Waals surface area (Å²) in [5, 5.41) is 1.14. The molecule has 0 bridgehead atoms. The summed E-state index contributed by atoms with van der Waals surface area (Å²) in [6.07, 6.45) is 3.27. The van der Waals surface area contributed by atoms with E-state index in [2.05, 4.69) is 40.2 Å². The highest BCUT2D eigenvalue weighted by Gasteiger charge is 2.25. The van der Waals surface area contributed by atoms with Crippen LogP contribution in [0.1, 0.15) is 12.0 Å². The number of fused-ring (bicyclic) bond motifs is 2. The minimum atomic E-state index is 0.225. The van der Waals surface area contributed by atoms with E-state index < -0.39 is 0 Å². The van der Waals surface area contributed by atoms with Crippen LogP contribution in [0.3, 0.4) is 0 Å². The highest BCUT2D eigenvalue weighted by Crippen LogP contribution is 2.35. The number of nitrogens with zero attached hydrogens (tertiary/aromatic N) is 3. The lowest BCUT2D eigenvalue weighted by Gasteiger charge is -2.33. The number of aromatic nitrogens is 1. The third-order valence-corrected chi connectivity index (χ3v) is 5.99. The minimum Gasteiger partial charge on any atom is -0.379 e. The maximum absolute atomic E-state index is 12.8. The number of carbonyl (C=O) groups excluding carboxylic acids is 1. The number of ether oxygens (including phenoxy) is 1. The zero-order valence-corrected chi connectivity index (χ0v) is 16.5. The Hall–Kier alpha value is -2.76. The number of pyridine rings is 1. The second-order valence-electron chi connectivity index (χ2n) is 7.72. The number of amides is 1. The van der Waals surface area contributed by atoms with Gasteiger partial charge in [-0.1, -0.05) is 30.3 Å². The molecule has 1 amide bonds. The molecule has 29 heavy (non-hydrogen) atoms. The van der Waals surface area contributed by atoms with Gasteiger partial charge >= 0.3 is 0 Å². The van der Waals surface area contributed by atoms with Crippen molar-refractivity contribution in [1.82, 2.24) is 9.88 Å². The zero-order chi connectivity index (χ0) is 19.6. The Morgan fingerprint density at radius 3 is 2.72 bits per heavy atom. The molecule has 0 N–H and O–H groups in total. The Kier molecular flexibility index (Phi) is 5.00. The normalized spacial score (nSPS) is 17.5. The smallest absolute Gasteiger partial charge is 0.227 e. The molecule has 0 spiro atoms. The second-order valence-corrected chi connectivity index (χ2v) is 7.72. The van der Waals surface area contributed by atoms with Gasteiger partial charge in [0, 0.05) is 49.9 Å². The molecule has 0 unspecified atom stereocenters. The SMILES string of the molecule is O=C1CCc2ccc(-c3ccnc4ccccc34)cc2N1CCN1CCOCC1. The highest BCUT2D eigenvalue weighted by molar-refractivity contribution is 5.99. The third kappa shape index (κ3) is 3.63. The molecule has 5 nitrogen and oxygen atoms in total. The molecule has 0 saturated carbocycles. The first-order chi connectivity index (χ1) is 14.3. The van der Waals surface area contributed by atoms with Crippen molar-refractivity contribution in [3.8, 4) is 11.1 Å². The first-order valence-electron chi connectivity index (χ1n) is 10.4. The fraction of sp³-hybridized carbons (Fsp3) is 0.333. The average Bonchev–Trinajstić information content (AvgIpc) is 2.78. The summed E-state index contributed by atoms with van der Waals surface area (Å²) >= 11 is 0. The lowest BCUT2D eigenvalue weighted by atomic mass is 9.95. The van der Waals surface area contributed by atoms with Crippen molar-refractivity contribution >= 4 is 22.5 Å². The predicted molar refractivity (Wildman–Crippen MR) is 115 cm³/mol. The summed E-state index contributed by atoms with van der Waals surface area (Å²) in [6.45, 7) is 5.06. The number of aryl methyl sites for hydroxylation is 1. The van der Waals surface area contributed by atoms with Crippen molar-refractivity contribution < 1.29 is 9.53 Å². The Labute approximate surface area is 170 Å². The maximum atomic E-state index is 12.8. The number of hydrogen-bond acceptors (Lipinski definition) is 4. The molecule has 1 aromatic heterocycles. The fourth-order valence-electron chi connectivity index (χ4n) is 4.36.